The van der Waals surface area contributed by atoms with Crippen molar-refractivity contribution < 1.29 is 9.47 Å². The van der Waals surface area contributed by atoms with Gasteiger partial charge in [-0.05, 0) is 116 Å². The highest BCUT2D eigenvalue weighted by atomic mass is 16.5. The van der Waals surface area contributed by atoms with Crippen LogP contribution in [-0.2, 0) is 22.7 Å². The summed E-state index contributed by atoms with van der Waals surface area (Å²) in [6.07, 6.45) is 6.79. The summed E-state index contributed by atoms with van der Waals surface area (Å²) in [6.45, 7) is 20.6. The Bertz CT molecular complexity index is 1830. The Morgan fingerprint density at radius 1 is 0.591 bits per heavy atom. The largest absolute Gasteiger partial charge is 0.458 e. The van der Waals surface area contributed by atoms with Crippen LogP contribution in [0.3, 0.4) is 0 Å². The molecule has 0 bridgehead atoms. The van der Waals surface area contributed by atoms with E-state index in [9.17, 15) is 0 Å². The van der Waals surface area contributed by atoms with Crippen LogP contribution in [0.1, 0.15) is 96.6 Å². The van der Waals surface area contributed by atoms with Crippen molar-refractivity contribution in [2.45, 2.75) is 91.4 Å². The van der Waals surface area contributed by atoms with E-state index in [1.165, 1.54) is 55.8 Å². The van der Waals surface area contributed by atoms with Crippen LogP contribution < -0.4 is 30.8 Å². The van der Waals surface area contributed by atoms with Gasteiger partial charge in [0, 0.05) is 22.5 Å². The van der Waals surface area contributed by atoms with Gasteiger partial charge in [-0.25, -0.2) is 0 Å². The summed E-state index contributed by atoms with van der Waals surface area (Å²) in [5.41, 5.74) is 13.6. The molecule has 0 radical (unpaired) electrons. The topological polar surface area (TPSA) is 21.7 Å². The minimum Gasteiger partial charge on any atom is -0.458 e. The van der Waals surface area contributed by atoms with E-state index < -0.39 is 0 Å². The maximum Gasteiger partial charge on any atom is 0.266 e. The molecule has 222 valence electrons. The Labute approximate surface area is 263 Å². The number of nitrogens with zero attached hydrogens (tertiary/aromatic N) is 1. The Morgan fingerprint density at radius 3 is 1.57 bits per heavy atom. The second kappa shape index (κ2) is 8.84. The summed E-state index contributed by atoms with van der Waals surface area (Å²) in [5, 5.41) is 0. The first-order chi connectivity index (χ1) is 20.7. The van der Waals surface area contributed by atoms with Crippen molar-refractivity contribution in [2.24, 2.45) is 0 Å². The van der Waals surface area contributed by atoms with Gasteiger partial charge >= 0.3 is 0 Å². The molecule has 4 aromatic rings. The number of rotatable bonds is 1. The molecule has 0 saturated heterocycles. The van der Waals surface area contributed by atoms with E-state index in [2.05, 4.69) is 134 Å². The molecule has 44 heavy (non-hydrogen) atoms. The summed E-state index contributed by atoms with van der Waals surface area (Å²) in [7, 11) is 0. The first kappa shape index (κ1) is 27.6. The van der Waals surface area contributed by atoms with Gasteiger partial charge in [0.1, 0.15) is 23.0 Å². The van der Waals surface area contributed by atoms with Crippen LogP contribution >= 0.6 is 0 Å². The summed E-state index contributed by atoms with van der Waals surface area (Å²) in [5.74, 6) is 3.77. The molecular formula is C40H42BNO2. The van der Waals surface area contributed by atoms with Crippen molar-refractivity contribution in [3.05, 3.63) is 88.5 Å². The lowest BCUT2D eigenvalue weighted by atomic mass is 9.33. The molecule has 0 atom stereocenters. The normalized spacial score (nSPS) is 15.8. The third-order valence-electron chi connectivity index (χ3n) is 10.00. The molecule has 0 fully saturated rings. The maximum absolute atomic E-state index is 6.96. The van der Waals surface area contributed by atoms with E-state index in [0.29, 0.717) is 0 Å². The molecule has 1 aliphatic carbocycles. The average molecular weight is 580 g/mol. The number of hydrogen-bond acceptors (Lipinski definition) is 3. The first-order valence-corrected chi connectivity index (χ1v) is 16.2. The average Bonchev–Trinajstić information content (AvgIpc) is 2.95. The fourth-order valence-electron chi connectivity index (χ4n) is 7.33. The van der Waals surface area contributed by atoms with Crippen LogP contribution in [0, 0.1) is 0 Å². The molecule has 4 heteroatoms. The number of ether oxygens (including phenoxy) is 2. The van der Waals surface area contributed by atoms with E-state index in [-0.39, 0.29) is 23.0 Å². The zero-order chi connectivity index (χ0) is 30.9. The molecule has 3 aliphatic heterocycles. The number of anilines is 3. The van der Waals surface area contributed by atoms with Gasteiger partial charge < -0.3 is 14.4 Å². The minimum absolute atomic E-state index is 0.0418. The molecule has 3 nitrogen and oxygen atoms in total. The highest BCUT2D eigenvalue weighted by Crippen LogP contribution is 2.49. The summed E-state index contributed by atoms with van der Waals surface area (Å²) >= 11 is 0. The van der Waals surface area contributed by atoms with Crippen LogP contribution in [0.25, 0.3) is 6.08 Å². The van der Waals surface area contributed by atoms with Gasteiger partial charge in [0.15, 0.2) is 0 Å². The van der Waals surface area contributed by atoms with E-state index in [4.69, 9.17) is 9.47 Å². The molecule has 0 saturated carbocycles. The third-order valence-corrected chi connectivity index (χ3v) is 10.00. The number of hydrogen-bond donors (Lipinski definition) is 0. The lowest BCUT2D eigenvalue weighted by molar-refractivity contribution is 0.455. The van der Waals surface area contributed by atoms with Crippen LogP contribution in [0.5, 0.6) is 23.0 Å². The molecule has 4 aliphatic rings. The predicted molar refractivity (Wildman–Crippen MR) is 186 cm³/mol. The summed E-state index contributed by atoms with van der Waals surface area (Å²) in [6, 6.07) is 21.0. The molecule has 0 unspecified atom stereocenters. The second-order valence-corrected chi connectivity index (χ2v) is 16.2. The Balaban J connectivity index is 1.48. The Hall–Kier alpha value is -3.92. The van der Waals surface area contributed by atoms with Gasteiger partial charge in [0.25, 0.3) is 6.71 Å². The minimum atomic E-state index is -0.0494. The van der Waals surface area contributed by atoms with Crippen molar-refractivity contribution in [3.63, 3.8) is 0 Å². The van der Waals surface area contributed by atoms with Crippen LogP contribution in [0.15, 0.2) is 60.7 Å². The van der Waals surface area contributed by atoms with Crippen molar-refractivity contribution in [3.8, 4) is 23.0 Å². The van der Waals surface area contributed by atoms with Crippen molar-refractivity contribution >= 4 is 46.2 Å². The fraction of sp³-hybridized carbons (Fsp3) is 0.350. The van der Waals surface area contributed by atoms with Crippen molar-refractivity contribution in [2.75, 3.05) is 4.90 Å². The summed E-state index contributed by atoms with van der Waals surface area (Å²) < 4.78 is 13.9. The first-order valence-electron chi connectivity index (χ1n) is 16.2. The maximum atomic E-state index is 6.96. The van der Waals surface area contributed by atoms with Crippen LogP contribution in [-0.4, -0.2) is 6.71 Å². The highest BCUT2D eigenvalue weighted by Gasteiger charge is 2.49. The molecule has 0 N–H and O–H groups in total. The molecule has 4 aromatic carbocycles. The lowest BCUT2D eigenvalue weighted by Gasteiger charge is -2.44. The molecule has 0 amide bonds. The zero-order valence-corrected chi connectivity index (χ0v) is 27.6. The predicted octanol–water partition coefficient (Wildman–Crippen LogP) is 9.05. The Morgan fingerprint density at radius 2 is 1.07 bits per heavy atom. The molecule has 8 rings (SSSR count). The standard InChI is InChI=1S/C40H42BNO2/c1-38(2,3)25-17-29-35-31(19-25)43-33-21-27(40(7,8)9)22-34-37(33)41(35)36-30(18-26(39(4,5)6)20-32(36)44-34)42(29)28-15-14-23-12-10-11-13-24(23)16-28/h11,13-22H,10,12H2,1-9H3. The van der Waals surface area contributed by atoms with Gasteiger partial charge in [-0.15, -0.1) is 0 Å². The van der Waals surface area contributed by atoms with Gasteiger partial charge in [-0.2, -0.15) is 0 Å². The zero-order valence-electron chi connectivity index (χ0n) is 27.6. The molecule has 0 spiro atoms. The molecular weight excluding hydrogens is 537 g/mol. The molecule has 3 heterocycles. The van der Waals surface area contributed by atoms with Crippen LogP contribution in [0.4, 0.5) is 17.1 Å². The van der Waals surface area contributed by atoms with Crippen molar-refractivity contribution in [1.82, 2.24) is 0 Å². The lowest BCUT2D eigenvalue weighted by Crippen LogP contribution is -2.62. The van der Waals surface area contributed by atoms with E-state index in [1.807, 2.05) is 0 Å². The van der Waals surface area contributed by atoms with E-state index in [1.54, 1.807) is 0 Å². The second-order valence-electron chi connectivity index (χ2n) is 16.2. The van der Waals surface area contributed by atoms with Gasteiger partial charge in [-0.1, -0.05) is 80.5 Å². The summed E-state index contributed by atoms with van der Waals surface area (Å²) in [4.78, 5) is 2.49. The van der Waals surface area contributed by atoms with Crippen LogP contribution in [0.2, 0.25) is 0 Å². The highest BCUT2D eigenvalue weighted by molar-refractivity contribution is 7.00. The van der Waals surface area contributed by atoms with Gasteiger partial charge in [-0.3, -0.25) is 0 Å². The number of benzene rings is 4. The number of fused-ring (bicyclic) bond motifs is 1. The smallest absolute Gasteiger partial charge is 0.266 e. The fourth-order valence-corrected chi connectivity index (χ4v) is 7.33. The van der Waals surface area contributed by atoms with Gasteiger partial charge in [0.05, 0.1) is 0 Å². The third kappa shape index (κ3) is 4.02. The quantitative estimate of drug-likeness (QED) is 0.181. The Kier molecular flexibility index (Phi) is 5.55. The van der Waals surface area contributed by atoms with Gasteiger partial charge in [0.2, 0.25) is 0 Å². The van der Waals surface area contributed by atoms with E-state index in [0.717, 1.165) is 41.3 Å². The van der Waals surface area contributed by atoms with Crippen molar-refractivity contribution in [1.29, 1.82) is 0 Å². The van der Waals surface area contributed by atoms with E-state index >= 15 is 0 Å². The number of allylic oxidation sites excluding steroid dienone is 1. The SMILES string of the molecule is CC(C)(C)c1cc2c3c(c1)Oc1cc(C(C)(C)C)cc4c1B3c1c(cc(C(C)(C)C)cc1N4c1ccc3c(c1)C=CCC3)O2. The number of aryl methyl sites for hydroxylation is 1. The molecule has 0 aromatic heterocycles. The monoisotopic (exact) mass is 579 g/mol.